The number of nitrogens with zero attached hydrogens (tertiary/aromatic N) is 1. The number of carbonyl (C=O) groups is 1. The molecule has 3 rings (SSSR count). The van der Waals surface area contributed by atoms with E-state index in [2.05, 4.69) is 10.5 Å². The Morgan fingerprint density at radius 3 is 2.50 bits per heavy atom. The summed E-state index contributed by atoms with van der Waals surface area (Å²) >= 11 is 6.03. The van der Waals surface area contributed by atoms with Gasteiger partial charge in [-0.15, -0.1) is 0 Å². The summed E-state index contributed by atoms with van der Waals surface area (Å²) in [6.07, 6.45) is 1.51. The maximum absolute atomic E-state index is 12.3. The molecule has 0 saturated heterocycles. The van der Waals surface area contributed by atoms with E-state index >= 15 is 0 Å². The minimum absolute atomic E-state index is 0.306. The summed E-state index contributed by atoms with van der Waals surface area (Å²) in [4.78, 5) is 12.3. The molecule has 0 aliphatic heterocycles. The predicted molar refractivity (Wildman–Crippen MR) is 117 cm³/mol. The molecular formula is C23H21ClN2O4. The van der Waals surface area contributed by atoms with Crippen molar-refractivity contribution in [3.8, 4) is 17.2 Å². The number of ether oxygens (including phenoxy) is 3. The van der Waals surface area contributed by atoms with Crippen LogP contribution >= 0.6 is 11.6 Å². The van der Waals surface area contributed by atoms with Crippen LogP contribution in [0, 0.1) is 0 Å². The molecule has 0 atom stereocenters. The second-order valence-corrected chi connectivity index (χ2v) is 6.66. The molecule has 6 nitrogen and oxygen atoms in total. The molecule has 3 aromatic rings. The Bertz CT molecular complexity index is 1040. The summed E-state index contributed by atoms with van der Waals surface area (Å²) in [5, 5.41) is 4.69. The normalized spacial score (nSPS) is 10.6. The first-order chi connectivity index (χ1) is 14.6. The third-order valence-corrected chi connectivity index (χ3v) is 4.46. The molecule has 0 saturated carbocycles. The first-order valence-electron chi connectivity index (χ1n) is 9.12. The zero-order valence-corrected chi connectivity index (χ0v) is 17.3. The van der Waals surface area contributed by atoms with Gasteiger partial charge in [0.05, 0.1) is 20.4 Å². The number of nitrogens with one attached hydrogen (secondary N) is 1. The second kappa shape index (κ2) is 10.3. The number of hydrazone groups is 1. The van der Waals surface area contributed by atoms with Crippen LogP contribution in [0.3, 0.4) is 0 Å². The maximum atomic E-state index is 12.3. The highest BCUT2D eigenvalue weighted by Gasteiger charge is 2.10. The van der Waals surface area contributed by atoms with Gasteiger partial charge in [-0.05, 0) is 54.1 Å². The van der Waals surface area contributed by atoms with E-state index in [1.807, 2.05) is 30.3 Å². The Kier molecular flexibility index (Phi) is 7.29. The summed E-state index contributed by atoms with van der Waals surface area (Å²) in [5.41, 5.74) is 4.55. The van der Waals surface area contributed by atoms with Gasteiger partial charge in [0.1, 0.15) is 12.4 Å². The first kappa shape index (κ1) is 21.2. The van der Waals surface area contributed by atoms with Gasteiger partial charge >= 0.3 is 0 Å². The lowest BCUT2D eigenvalue weighted by Crippen LogP contribution is -2.17. The van der Waals surface area contributed by atoms with E-state index in [9.17, 15) is 4.79 Å². The van der Waals surface area contributed by atoms with E-state index in [1.165, 1.54) is 6.21 Å². The average Bonchev–Trinajstić information content (AvgIpc) is 2.78. The minimum atomic E-state index is -0.335. The lowest BCUT2D eigenvalue weighted by Gasteiger charge is -2.13. The molecule has 1 amide bonds. The van der Waals surface area contributed by atoms with Crippen LogP contribution in [-0.2, 0) is 6.61 Å². The molecule has 7 heteroatoms. The Morgan fingerprint density at radius 1 is 1.03 bits per heavy atom. The number of rotatable bonds is 8. The zero-order valence-electron chi connectivity index (χ0n) is 16.6. The summed E-state index contributed by atoms with van der Waals surface area (Å²) in [6, 6.07) is 19.6. The monoisotopic (exact) mass is 424 g/mol. The number of benzene rings is 3. The Labute approximate surface area is 180 Å². The summed E-state index contributed by atoms with van der Waals surface area (Å²) in [7, 11) is 3.13. The van der Waals surface area contributed by atoms with Crippen molar-refractivity contribution in [1.82, 2.24) is 5.43 Å². The summed E-state index contributed by atoms with van der Waals surface area (Å²) < 4.78 is 16.5. The van der Waals surface area contributed by atoms with Crippen LogP contribution in [0.1, 0.15) is 21.5 Å². The molecule has 30 heavy (non-hydrogen) atoms. The highest BCUT2D eigenvalue weighted by molar-refractivity contribution is 6.30. The van der Waals surface area contributed by atoms with E-state index in [0.29, 0.717) is 40.0 Å². The smallest absolute Gasteiger partial charge is 0.271 e. The first-order valence-corrected chi connectivity index (χ1v) is 9.50. The number of para-hydroxylation sites is 1. The number of amides is 1. The average molecular weight is 425 g/mol. The molecule has 0 fully saturated rings. The lowest BCUT2D eigenvalue weighted by atomic mass is 10.2. The Hall–Kier alpha value is -3.51. The van der Waals surface area contributed by atoms with Gasteiger partial charge in [-0.1, -0.05) is 29.8 Å². The van der Waals surface area contributed by atoms with Crippen molar-refractivity contribution in [2.24, 2.45) is 5.10 Å². The van der Waals surface area contributed by atoms with Crippen LogP contribution in [-0.4, -0.2) is 26.3 Å². The topological polar surface area (TPSA) is 69.2 Å². The van der Waals surface area contributed by atoms with Crippen LogP contribution in [0.25, 0.3) is 0 Å². The van der Waals surface area contributed by atoms with Crippen molar-refractivity contribution in [2.45, 2.75) is 6.61 Å². The van der Waals surface area contributed by atoms with Crippen LogP contribution < -0.4 is 19.6 Å². The Balaban J connectivity index is 1.72. The third kappa shape index (κ3) is 5.52. The van der Waals surface area contributed by atoms with Crippen LogP contribution in [0.4, 0.5) is 0 Å². The molecule has 0 aromatic heterocycles. The van der Waals surface area contributed by atoms with Crippen molar-refractivity contribution < 1.29 is 19.0 Å². The van der Waals surface area contributed by atoms with Gasteiger partial charge in [-0.3, -0.25) is 4.79 Å². The van der Waals surface area contributed by atoms with Crippen molar-refractivity contribution in [2.75, 3.05) is 14.2 Å². The van der Waals surface area contributed by atoms with E-state index < -0.39 is 0 Å². The number of hydrogen-bond donors (Lipinski definition) is 1. The van der Waals surface area contributed by atoms with E-state index in [4.69, 9.17) is 25.8 Å². The minimum Gasteiger partial charge on any atom is -0.497 e. The molecule has 0 bridgehead atoms. The standard InChI is InChI=1S/C23H21ClN2O4/c1-28-20-11-9-17(10-12-20)23(27)26-25-14-18-6-4-8-21(29-2)22(18)30-15-16-5-3-7-19(24)13-16/h3-14H,15H2,1-2H3,(H,26,27)/b25-14-. The fourth-order valence-electron chi connectivity index (χ4n) is 2.70. The van der Waals surface area contributed by atoms with E-state index in [-0.39, 0.29) is 5.91 Å². The summed E-state index contributed by atoms with van der Waals surface area (Å²) in [5.74, 6) is 1.41. The number of methoxy groups -OCH3 is 2. The second-order valence-electron chi connectivity index (χ2n) is 6.22. The van der Waals surface area contributed by atoms with Gasteiger partial charge in [0.15, 0.2) is 11.5 Å². The molecule has 0 aliphatic rings. The maximum Gasteiger partial charge on any atom is 0.271 e. The van der Waals surface area contributed by atoms with Crippen LogP contribution in [0.15, 0.2) is 71.8 Å². The van der Waals surface area contributed by atoms with Gasteiger partial charge in [-0.25, -0.2) is 5.43 Å². The highest BCUT2D eigenvalue weighted by atomic mass is 35.5. The van der Waals surface area contributed by atoms with Crippen molar-refractivity contribution in [3.63, 3.8) is 0 Å². The molecule has 0 aliphatic carbocycles. The van der Waals surface area contributed by atoms with Gasteiger partial charge in [0, 0.05) is 16.1 Å². The SMILES string of the molecule is COc1ccc(C(=O)N/N=C\c2cccc(OC)c2OCc2cccc(Cl)c2)cc1. The molecule has 154 valence electrons. The molecule has 3 aromatic carbocycles. The van der Waals surface area contributed by atoms with Crippen molar-refractivity contribution in [1.29, 1.82) is 0 Å². The molecule has 0 heterocycles. The molecular weight excluding hydrogens is 404 g/mol. The van der Waals surface area contributed by atoms with Gasteiger partial charge in [0.2, 0.25) is 0 Å². The van der Waals surface area contributed by atoms with E-state index in [1.54, 1.807) is 50.6 Å². The fraction of sp³-hybridized carbons (Fsp3) is 0.130. The van der Waals surface area contributed by atoms with Gasteiger partial charge in [-0.2, -0.15) is 5.10 Å². The molecule has 0 radical (unpaired) electrons. The lowest BCUT2D eigenvalue weighted by molar-refractivity contribution is 0.0955. The van der Waals surface area contributed by atoms with Crippen LogP contribution in [0.5, 0.6) is 17.2 Å². The van der Waals surface area contributed by atoms with Crippen molar-refractivity contribution >= 4 is 23.7 Å². The molecule has 0 unspecified atom stereocenters. The quantitative estimate of drug-likeness (QED) is 0.420. The van der Waals surface area contributed by atoms with Gasteiger partial charge in [0.25, 0.3) is 5.91 Å². The number of carbonyl (C=O) groups excluding carboxylic acids is 1. The molecule has 0 spiro atoms. The van der Waals surface area contributed by atoms with Crippen molar-refractivity contribution in [3.05, 3.63) is 88.4 Å². The van der Waals surface area contributed by atoms with Crippen LogP contribution in [0.2, 0.25) is 5.02 Å². The third-order valence-electron chi connectivity index (χ3n) is 4.22. The fourth-order valence-corrected chi connectivity index (χ4v) is 2.91. The van der Waals surface area contributed by atoms with Gasteiger partial charge < -0.3 is 14.2 Å². The predicted octanol–water partition coefficient (Wildman–Crippen LogP) is 4.70. The number of halogens is 1. The largest absolute Gasteiger partial charge is 0.497 e. The Morgan fingerprint density at radius 2 is 1.80 bits per heavy atom. The highest BCUT2D eigenvalue weighted by Crippen LogP contribution is 2.31. The van der Waals surface area contributed by atoms with E-state index in [0.717, 1.165) is 5.56 Å². The number of hydrogen-bond acceptors (Lipinski definition) is 5. The summed E-state index contributed by atoms with van der Waals surface area (Å²) in [6.45, 7) is 0.306. The molecule has 1 N–H and O–H groups in total. The zero-order chi connectivity index (χ0) is 21.3.